The second kappa shape index (κ2) is 3.86. The van der Waals surface area contributed by atoms with Gasteiger partial charge in [-0.15, -0.1) is 0 Å². The van der Waals surface area contributed by atoms with Gasteiger partial charge in [0.2, 0.25) is 0 Å². The molecule has 0 aromatic carbocycles. The predicted octanol–water partition coefficient (Wildman–Crippen LogP) is 2.19. The lowest BCUT2D eigenvalue weighted by Crippen LogP contribution is -2.56. The standard InChI is InChI=1S/C13H20O3/c1-4-16-12(15)7-9-10-5-8(6-11(9)14)13(10,2)3/h8-10H,4-7H2,1-3H3/t8-,9-,10+/m0/s1. The van der Waals surface area contributed by atoms with Crippen molar-refractivity contribution >= 4 is 11.8 Å². The lowest BCUT2D eigenvalue weighted by atomic mass is 9.45. The first kappa shape index (κ1) is 11.6. The van der Waals surface area contributed by atoms with E-state index >= 15 is 0 Å². The van der Waals surface area contributed by atoms with E-state index in [9.17, 15) is 9.59 Å². The Balaban J connectivity index is 2.03. The summed E-state index contributed by atoms with van der Waals surface area (Å²) in [4.78, 5) is 23.3. The van der Waals surface area contributed by atoms with Gasteiger partial charge in [0.15, 0.2) is 0 Å². The van der Waals surface area contributed by atoms with Gasteiger partial charge in [-0.3, -0.25) is 9.59 Å². The lowest BCUT2D eigenvalue weighted by molar-refractivity contribution is -0.163. The van der Waals surface area contributed by atoms with Crippen molar-refractivity contribution in [3.8, 4) is 0 Å². The smallest absolute Gasteiger partial charge is 0.306 e. The van der Waals surface area contributed by atoms with Crippen LogP contribution in [0.4, 0.5) is 0 Å². The van der Waals surface area contributed by atoms with Crippen LogP contribution in [0, 0.1) is 23.2 Å². The molecule has 0 heterocycles. The van der Waals surface area contributed by atoms with Gasteiger partial charge in [-0.25, -0.2) is 0 Å². The van der Waals surface area contributed by atoms with Gasteiger partial charge in [-0.2, -0.15) is 0 Å². The van der Waals surface area contributed by atoms with Gasteiger partial charge in [-0.1, -0.05) is 13.8 Å². The van der Waals surface area contributed by atoms with Gasteiger partial charge >= 0.3 is 5.97 Å². The van der Waals surface area contributed by atoms with E-state index in [4.69, 9.17) is 4.74 Å². The summed E-state index contributed by atoms with van der Waals surface area (Å²) < 4.78 is 4.94. The van der Waals surface area contributed by atoms with Gasteiger partial charge in [0.1, 0.15) is 5.78 Å². The zero-order valence-electron chi connectivity index (χ0n) is 10.3. The summed E-state index contributed by atoms with van der Waals surface area (Å²) in [5, 5.41) is 0. The van der Waals surface area contributed by atoms with Crippen LogP contribution in [0.5, 0.6) is 0 Å². The van der Waals surface area contributed by atoms with Crippen LogP contribution in [-0.4, -0.2) is 18.4 Å². The first-order valence-electron chi connectivity index (χ1n) is 6.15. The largest absolute Gasteiger partial charge is 0.466 e. The maximum Gasteiger partial charge on any atom is 0.306 e. The van der Waals surface area contributed by atoms with Crippen molar-refractivity contribution in [1.82, 2.24) is 0 Å². The van der Waals surface area contributed by atoms with Crippen LogP contribution in [0.3, 0.4) is 0 Å². The van der Waals surface area contributed by atoms with E-state index in [1.807, 2.05) is 0 Å². The molecule has 3 rings (SSSR count). The molecule has 0 spiro atoms. The molecule has 0 aromatic heterocycles. The monoisotopic (exact) mass is 224 g/mol. The molecule has 3 atom stereocenters. The molecule has 0 unspecified atom stereocenters. The van der Waals surface area contributed by atoms with Crippen molar-refractivity contribution in [3.63, 3.8) is 0 Å². The normalized spacial score (nSPS) is 35.4. The number of rotatable bonds is 3. The van der Waals surface area contributed by atoms with Crippen LogP contribution >= 0.6 is 0 Å². The fraction of sp³-hybridized carbons (Fsp3) is 0.846. The third-order valence-corrected chi connectivity index (χ3v) is 4.59. The number of ketones is 1. The summed E-state index contributed by atoms with van der Waals surface area (Å²) >= 11 is 0. The molecule has 0 amide bonds. The van der Waals surface area contributed by atoms with Crippen molar-refractivity contribution in [3.05, 3.63) is 0 Å². The molecule has 0 saturated heterocycles. The van der Waals surface area contributed by atoms with E-state index in [0.29, 0.717) is 24.9 Å². The summed E-state index contributed by atoms with van der Waals surface area (Å²) in [5.41, 5.74) is 0.241. The molecule has 0 aliphatic heterocycles. The summed E-state index contributed by atoms with van der Waals surface area (Å²) in [6, 6.07) is 0. The highest BCUT2D eigenvalue weighted by Crippen LogP contribution is 2.60. The number of hydrogen-bond acceptors (Lipinski definition) is 3. The summed E-state index contributed by atoms with van der Waals surface area (Å²) in [6.07, 6.45) is 2.06. The highest BCUT2D eigenvalue weighted by atomic mass is 16.5. The Morgan fingerprint density at radius 3 is 2.75 bits per heavy atom. The number of fused-ring (bicyclic) bond motifs is 2. The molecule has 90 valence electrons. The summed E-state index contributed by atoms with van der Waals surface area (Å²) in [7, 11) is 0. The molecular formula is C13H20O3. The Hall–Kier alpha value is -0.860. The van der Waals surface area contributed by atoms with E-state index in [1.165, 1.54) is 0 Å². The van der Waals surface area contributed by atoms with Crippen molar-refractivity contribution in [2.45, 2.75) is 40.0 Å². The van der Waals surface area contributed by atoms with E-state index in [-0.39, 0.29) is 29.5 Å². The van der Waals surface area contributed by atoms with Crippen molar-refractivity contribution < 1.29 is 14.3 Å². The Labute approximate surface area is 96.5 Å². The Morgan fingerprint density at radius 1 is 1.50 bits per heavy atom. The van der Waals surface area contributed by atoms with Crippen LogP contribution in [-0.2, 0) is 14.3 Å². The first-order valence-corrected chi connectivity index (χ1v) is 6.15. The van der Waals surface area contributed by atoms with E-state index in [2.05, 4.69) is 13.8 Å². The topological polar surface area (TPSA) is 43.4 Å². The zero-order chi connectivity index (χ0) is 11.9. The number of Topliss-reactive ketones (excluding diaryl/α,β-unsaturated/α-hetero) is 1. The molecule has 0 radical (unpaired) electrons. The van der Waals surface area contributed by atoms with Crippen LogP contribution in [0.1, 0.15) is 40.0 Å². The van der Waals surface area contributed by atoms with Crippen LogP contribution < -0.4 is 0 Å². The third-order valence-electron chi connectivity index (χ3n) is 4.59. The maximum absolute atomic E-state index is 11.9. The van der Waals surface area contributed by atoms with Gasteiger partial charge in [0.05, 0.1) is 13.0 Å². The highest BCUT2D eigenvalue weighted by molar-refractivity contribution is 5.87. The third kappa shape index (κ3) is 1.66. The fourth-order valence-corrected chi connectivity index (χ4v) is 3.36. The van der Waals surface area contributed by atoms with Gasteiger partial charge < -0.3 is 4.74 Å². The van der Waals surface area contributed by atoms with Crippen molar-refractivity contribution in [1.29, 1.82) is 0 Å². The van der Waals surface area contributed by atoms with E-state index in [1.54, 1.807) is 6.92 Å². The van der Waals surface area contributed by atoms with E-state index in [0.717, 1.165) is 6.42 Å². The molecule has 3 saturated carbocycles. The number of ether oxygens (including phenoxy) is 1. The van der Waals surface area contributed by atoms with E-state index < -0.39 is 0 Å². The van der Waals surface area contributed by atoms with Crippen molar-refractivity contribution in [2.24, 2.45) is 23.2 Å². The van der Waals surface area contributed by atoms with Gasteiger partial charge in [0, 0.05) is 12.3 Å². The first-order chi connectivity index (χ1) is 7.46. The number of esters is 1. The number of carbonyl (C=O) groups is 2. The lowest BCUT2D eigenvalue weighted by Gasteiger charge is -2.59. The molecule has 2 bridgehead atoms. The number of carbonyl (C=O) groups excluding carboxylic acids is 2. The van der Waals surface area contributed by atoms with Gasteiger partial charge in [0.25, 0.3) is 0 Å². The molecule has 0 N–H and O–H groups in total. The second-order valence-electron chi connectivity index (χ2n) is 5.65. The highest BCUT2D eigenvalue weighted by Gasteiger charge is 2.57. The molecular weight excluding hydrogens is 204 g/mol. The predicted molar refractivity (Wildman–Crippen MR) is 59.7 cm³/mol. The minimum absolute atomic E-state index is 0.0842. The van der Waals surface area contributed by atoms with Gasteiger partial charge in [-0.05, 0) is 30.6 Å². The molecule has 16 heavy (non-hydrogen) atoms. The molecule has 3 fully saturated rings. The zero-order valence-corrected chi connectivity index (χ0v) is 10.3. The van der Waals surface area contributed by atoms with Crippen LogP contribution in [0.15, 0.2) is 0 Å². The summed E-state index contributed by atoms with van der Waals surface area (Å²) in [5.74, 6) is 0.904. The quantitative estimate of drug-likeness (QED) is 0.690. The Kier molecular flexibility index (Phi) is 2.81. The average molecular weight is 224 g/mol. The Morgan fingerprint density at radius 2 is 2.19 bits per heavy atom. The average Bonchev–Trinajstić information content (AvgIpc) is 2.20. The molecule has 3 aliphatic rings. The fourth-order valence-electron chi connectivity index (χ4n) is 3.36. The second-order valence-corrected chi connectivity index (χ2v) is 5.65. The Bertz CT molecular complexity index is 319. The number of hydrogen-bond donors (Lipinski definition) is 0. The van der Waals surface area contributed by atoms with Crippen molar-refractivity contribution in [2.75, 3.05) is 6.61 Å². The summed E-state index contributed by atoms with van der Waals surface area (Å²) in [6.45, 7) is 6.63. The van der Waals surface area contributed by atoms with Crippen LogP contribution in [0.2, 0.25) is 0 Å². The van der Waals surface area contributed by atoms with Crippen LogP contribution in [0.25, 0.3) is 0 Å². The molecule has 3 heteroatoms. The maximum atomic E-state index is 11.9. The minimum Gasteiger partial charge on any atom is -0.466 e. The molecule has 3 nitrogen and oxygen atoms in total. The SMILES string of the molecule is CCOC(=O)C[C@@H]1C(=O)C[C@@H]2C[C@H]1C2(C)C. The molecule has 3 aliphatic carbocycles. The molecule has 0 aromatic rings. The minimum atomic E-state index is -0.220.